The molecule has 2 atom stereocenters. The first-order valence-corrected chi connectivity index (χ1v) is 7.50. The second-order valence-corrected chi connectivity index (χ2v) is 6.15. The van der Waals surface area contributed by atoms with Crippen LogP contribution >= 0.6 is 11.3 Å². The average Bonchev–Trinajstić information content (AvgIpc) is 2.91. The molecule has 0 saturated carbocycles. The van der Waals surface area contributed by atoms with Gasteiger partial charge in [0.05, 0.1) is 4.88 Å². The molecule has 1 saturated heterocycles. The lowest BCUT2D eigenvalue weighted by atomic mass is 9.84. The molecule has 1 fully saturated rings. The van der Waals surface area contributed by atoms with Crippen LogP contribution in [-0.2, 0) is 4.79 Å². The third kappa shape index (κ3) is 3.56. The van der Waals surface area contributed by atoms with Crippen LogP contribution in [0.5, 0.6) is 0 Å². The summed E-state index contributed by atoms with van der Waals surface area (Å²) in [7, 11) is 0. The van der Waals surface area contributed by atoms with Gasteiger partial charge in [0.25, 0.3) is 5.91 Å². The molecule has 19 heavy (non-hydrogen) atoms. The Morgan fingerprint density at radius 1 is 1.58 bits per heavy atom. The number of likely N-dealkylation sites (tertiary alicyclic amines) is 1. The Balaban J connectivity index is 1.97. The summed E-state index contributed by atoms with van der Waals surface area (Å²) in [5.74, 6) is -0.248. The number of carboxylic acids is 1. The van der Waals surface area contributed by atoms with Gasteiger partial charge in [-0.2, -0.15) is 0 Å². The molecule has 1 aromatic heterocycles. The smallest absolute Gasteiger partial charge is 0.303 e. The lowest BCUT2D eigenvalue weighted by Crippen LogP contribution is -2.41. The quantitative estimate of drug-likeness (QED) is 0.923. The van der Waals surface area contributed by atoms with Crippen molar-refractivity contribution in [2.75, 3.05) is 13.1 Å². The lowest BCUT2D eigenvalue weighted by Gasteiger charge is -2.35. The highest BCUT2D eigenvalue weighted by molar-refractivity contribution is 7.12. The third-order valence-electron chi connectivity index (χ3n) is 3.78. The molecule has 5 heteroatoms. The molecule has 0 aromatic carbocycles. The number of carbonyl (C=O) groups is 2. The topological polar surface area (TPSA) is 57.6 Å². The van der Waals surface area contributed by atoms with E-state index in [0.29, 0.717) is 12.5 Å². The predicted octanol–water partition coefficient (Wildman–Crippen LogP) is 2.71. The lowest BCUT2D eigenvalue weighted by molar-refractivity contribution is -0.138. The SMILES string of the molecule is CC(CC(=O)O)C1CCCN(C(=O)c2cccs2)C1. The van der Waals surface area contributed by atoms with E-state index in [9.17, 15) is 9.59 Å². The maximum absolute atomic E-state index is 12.3. The number of hydrogen-bond acceptors (Lipinski definition) is 3. The zero-order valence-electron chi connectivity index (χ0n) is 11.0. The van der Waals surface area contributed by atoms with Gasteiger partial charge in [0.1, 0.15) is 0 Å². The molecule has 2 rings (SSSR count). The van der Waals surface area contributed by atoms with Gasteiger partial charge in [-0.3, -0.25) is 9.59 Å². The Bertz CT molecular complexity index is 444. The number of nitrogens with zero attached hydrogens (tertiary/aromatic N) is 1. The molecule has 2 unspecified atom stereocenters. The van der Waals surface area contributed by atoms with Gasteiger partial charge < -0.3 is 10.0 Å². The van der Waals surface area contributed by atoms with Gasteiger partial charge >= 0.3 is 5.97 Å². The average molecular weight is 281 g/mol. The number of amides is 1. The largest absolute Gasteiger partial charge is 0.481 e. The predicted molar refractivity (Wildman–Crippen MR) is 74.4 cm³/mol. The fourth-order valence-corrected chi connectivity index (χ4v) is 3.35. The summed E-state index contributed by atoms with van der Waals surface area (Å²) in [5, 5.41) is 10.8. The molecule has 1 aromatic rings. The summed E-state index contributed by atoms with van der Waals surface area (Å²) in [5.41, 5.74) is 0. The van der Waals surface area contributed by atoms with Crippen molar-refractivity contribution >= 4 is 23.2 Å². The maximum Gasteiger partial charge on any atom is 0.303 e. The van der Waals surface area contributed by atoms with Gasteiger partial charge in [-0.15, -0.1) is 11.3 Å². The number of carboxylic acid groups (broad SMARTS) is 1. The first-order chi connectivity index (χ1) is 9.08. The highest BCUT2D eigenvalue weighted by Crippen LogP contribution is 2.27. The van der Waals surface area contributed by atoms with E-state index in [2.05, 4.69) is 0 Å². The van der Waals surface area contributed by atoms with E-state index in [0.717, 1.165) is 24.3 Å². The molecule has 1 aliphatic heterocycles. The van der Waals surface area contributed by atoms with Crippen LogP contribution in [0, 0.1) is 11.8 Å². The zero-order chi connectivity index (χ0) is 13.8. The minimum absolute atomic E-state index is 0.0854. The van der Waals surface area contributed by atoms with Crippen LogP contribution in [0.15, 0.2) is 17.5 Å². The fourth-order valence-electron chi connectivity index (χ4n) is 2.66. The van der Waals surface area contributed by atoms with E-state index < -0.39 is 5.97 Å². The molecule has 1 amide bonds. The van der Waals surface area contributed by atoms with Crippen molar-refractivity contribution < 1.29 is 14.7 Å². The molecule has 104 valence electrons. The minimum atomic E-state index is -0.755. The van der Waals surface area contributed by atoms with Crippen molar-refractivity contribution in [3.8, 4) is 0 Å². The number of piperidine rings is 1. The highest BCUT2D eigenvalue weighted by atomic mass is 32.1. The van der Waals surface area contributed by atoms with Crippen molar-refractivity contribution in [1.29, 1.82) is 0 Å². The summed E-state index contributed by atoms with van der Waals surface area (Å²) in [6.45, 7) is 3.44. The molecule has 1 aliphatic rings. The van der Waals surface area contributed by atoms with E-state index >= 15 is 0 Å². The Morgan fingerprint density at radius 2 is 2.37 bits per heavy atom. The normalized spacial score (nSPS) is 21.1. The number of carbonyl (C=O) groups excluding carboxylic acids is 1. The summed E-state index contributed by atoms with van der Waals surface area (Å²) in [4.78, 5) is 25.7. The molecule has 0 bridgehead atoms. The van der Waals surface area contributed by atoms with Crippen LogP contribution in [0.25, 0.3) is 0 Å². The molecule has 0 spiro atoms. The second-order valence-electron chi connectivity index (χ2n) is 5.21. The van der Waals surface area contributed by atoms with Crippen LogP contribution in [0.4, 0.5) is 0 Å². The number of hydrogen-bond donors (Lipinski definition) is 1. The molecular formula is C14H19NO3S. The molecular weight excluding hydrogens is 262 g/mol. The van der Waals surface area contributed by atoms with Crippen molar-refractivity contribution in [3.05, 3.63) is 22.4 Å². The molecule has 4 nitrogen and oxygen atoms in total. The van der Waals surface area contributed by atoms with Gasteiger partial charge in [-0.1, -0.05) is 13.0 Å². The zero-order valence-corrected chi connectivity index (χ0v) is 11.9. The van der Waals surface area contributed by atoms with Gasteiger partial charge in [-0.05, 0) is 36.1 Å². The summed E-state index contributed by atoms with van der Waals surface area (Å²) >= 11 is 1.46. The van der Waals surface area contributed by atoms with E-state index in [-0.39, 0.29) is 18.2 Å². The maximum atomic E-state index is 12.3. The van der Waals surface area contributed by atoms with Gasteiger partial charge in [0.15, 0.2) is 0 Å². The summed E-state index contributed by atoms with van der Waals surface area (Å²) < 4.78 is 0. The second kappa shape index (κ2) is 6.19. The number of rotatable bonds is 4. The van der Waals surface area contributed by atoms with E-state index in [1.54, 1.807) is 0 Å². The number of aliphatic carboxylic acids is 1. The molecule has 0 radical (unpaired) electrons. The Morgan fingerprint density at radius 3 is 3.00 bits per heavy atom. The Hall–Kier alpha value is -1.36. The summed E-state index contributed by atoms with van der Waals surface area (Å²) in [6, 6.07) is 3.73. The standard InChI is InChI=1S/C14H19NO3S/c1-10(8-13(16)17)11-4-2-6-15(9-11)14(18)12-5-3-7-19-12/h3,5,7,10-11H,2,4,6,8-9H2,1H3,(H,16,17). The van der Waals surface area contributed by atoms with Crippen LogP contribution in [0.1, 0.15) is 35.9 Å². The number of thiophene rings is 1. The van der Waals surface area contributed by atoms with Crippen molar-refractivity contribution in [2.45, 2.75) is 26.2 Å². The van der Waals surface area contributed by atoms with Gasteiger partial charge in [-0.25, -0.2) is 0 Å². The highest BCUT2D eigenvalue weighted by Gasteiger charge is 2.29. The summed E-state index contributed by atoms with van der Waals surface area (Å²) in [6.07, 6.45) is 2.17. The van der Waals surface area contributed by atoms with Crippen LogP contribution < -0.4 is 0 Å². The van der Waals surface area contributed by atoms with E-state index in [1.807, 2.05) is 29.3 Å². The van der Waals surface area contributed by atoms with Crippen molar-refractivity contribution in [1.82, 2.24) is 4.90 Å². The van der Waals surface area contributed by atoms with Crippen LogP contribution in [-0.4, -0.2) is 35.0 Å². The monoisotopic (exact) mass is 281 g/mol. The third-order valence-corrected chi connectivity index (χ3v) is 4.64. The van der Waals surface area contributed by atoms with Crippen molar-refractivity contribution in [3.63, 3.8) is 0 Å². The first kappa shape index (κ1) is 14.1. The molecule has 1 N–H and O–H groups in total. The Kier molecular flexibility index (Phi) is 4.58. The van der Waals surface area contributed by atoms with E-state index in [4.69, 9.17) is 5.11 Å². The Labute approximate surface area is 117 Å². The fraction of sp³-hybridized carbons (Fsp3) is 0.571. The molecule has 0 aliphatic carbocycles. The van der Waals surface area contributed by atoms with Crippen molar-refractivity contribution in [2.24, 2.45) is 11.8 Å². The van der Waals surface area contributed by atoms with Gasteiger partial charge in [0.2, 0.25) is 0 Å². The van der Waals surface area contributed by atoms with Crippen LogP contribution in [0.2, 0.25) is 0 Å². The first-order valence-electron chi connectivity index (χ1n) is 6.62. The van der Waals surface area contributed by atoms with Crippen LogP contribution in [0.3, 0.4) is 0 Å². The van der Waals surface area contributed by atoms with E-state index in [1.165, 1.54) is 11.3 Å². The van der Waals surface area contributed by atoms with Gasteiger partial charge in [0, 0.05) is 19.5 Å². The molecule has 2 heterocycles. The minimum Gasteiger partial charge on any atom is -0.481 e.